The summed E-state index contributed by atoms with van der Waals surface area (Å²) in [6.07, 6.45) is 0. The van der Waals surface area contributed by atoms with Crippen molar-refractivity contribution in [2.24, 2.45) is 7.05 Å². The van der Waals surface area contributed by atoms with Gasteiger partial charge in [0, 0.05) is 31.1 Å². The van der Waals surface area contributed by atoms with E-state index in [0.29, 0.717) is 42.3 Å². The van der Waals surface area contributed by atoms with Crippen LogP contribution in [0, 0.1) is 0 Å². The first-order chi connectivity index (χ1) is 14.0. The van der Waals surface area contributed by atoms with Crippen LogP contribution >= 0.6 is 11.3 Å². The van der Waals surface area contributed by atoms with Crippen LogP contribution < -0.4 is 16.0 Å². The molecule has 0 atom stereocenters. The number of hydrogen-bond acceptors (Lipinski definition) is 6. The highest BCUT2D eigenvalue weighted by molar-refractivity contribution is 7.17. The molecule has 0 unspecified atom stereocenters. The normalized spacial score (nSPS) is 14.3. The number of morpholine rings is 1. The van der Waals surface area contributed by atoms with Crippen LogP contribution in [0.4, 0.5) is 0 Å². The van der Waals surface area contributed by atoms with Gasteiger partial charge in [0.15, 0.2) is 0 Å². The molecule has 1 aliphatic heterocycles. The summed E-state index contributed by atoms with van der Waals surface area (Å²) in [5.41, 5.74) is 0.721. The minimum absolute atomic E-state index is 0.105. The molecule has 0 bridgehead atoms. The van der Waals surface area contributed by atoms with Crippen LogP contribution in [0.5, 0.6) is 5.75 Å². The zero-order valence-corrected chi connectivity index (χ0v) is 17.0. The molecule has 9 heteroatoms. The molecule has 8 nitrogen and oxygen atoms in total. The van der Waals surface area contributed by atoms with Gasteiger partial charge in [-0.25, -0.2) is 4.79 Å². The van der Waals surface area contributed by atoms with Crippen molar-refractivity contribution in [2.75, 3.05) is 33.4 Å². The third kappa shape index (κ3) is 3.47. The topological polar surface area (TPSA) is 82.8 Å². The Bertz CT molecular complexity index is 1170. The fraction of sp³-hybridized carbons (Fsp3) is 0.350. The first kappa shape index (κ1) is 19.4. The summed E-state index contributed by atoms with van der Waals surface area (Å²) in [4.78, 5) is 40.6. The van der Waals surface area contributed by atoms with E-state index in [-0.39, 0.29) is 18.0 Å². The van der Waals surface area contributed by atoms with Crippen molar-refractivity contribution in [3.05, 3.63) is 50.5 Å². The van der Waals surface area contributed by atoms with E-state index >= 15 is 0 Å². The van der Waals surface area contributed by atoms with E-state index in [1.807, 2.05) is 29.6 Å². The van der Waals surface area contributed by atoms with Crippen LogP contribution in [0.2, 0.25) is 0 Å². The van der Waals surface area contributed by atoms with Crippen LogP contribution in [0.25, 0.3) is 21.3 Å². The van der Waals surface area contributed by atoms with Gasteiger partial charge in [-0.3, -0.25) is 18.7 Å². The second kappa shape index (κ2) is 7.84. The SMILES string of the molecule is COc1ccc(-c2csc3c2c(=O)n(C)c(=O)n3CC(=O)N2CCOCC2)cc1. The van der Waals surface area contributed by atoms with Gasteiger partial charge >= 0.3 is 5.69 Å². The van der Waals surface area contributed by atoms with E-state index in [1.54, 1.807) is 12.0 Å². The Balaban J connectivity index is 1.81. The molecule has 1 saturated heterocycles. The van der Waals surface area contributed by atoms with Crippen molar-refractivity contribution in [1.82, 2.24) is 14.0 Å². The van der Waals surface area contributed by atoms with E-state index < -0.39 is 5.69 Å². The molecule has 3 aromatic rings. The second-order valence-electron chi connectivity index (χ2n) is 6.78. The molecule has 0 aliphatic carbocycles. The maximum atomic E-state index is 12.9. The van der Waals surface area contributed by atoms with E-state index in [0.717, 1.165) is 15.7 Å². The predicted molar refractivity (Wildman–Crippen MR) is 111 cm³/mol. The predicted octanol–water partition coefficient (Wildman–Crippen LogP) is 1.30. The molecule has 0 radical (unpaired) electrons. The van der Waals surface area contributed by atoms with Crippen molar-refractivity contribution in [1.29, 1.82) is 0 Å². The lowest BCUT2D eigenvalue weighted by atomic mass is 10.1. The number of aromatic nitrogens is 2. The Morgan fingerprint density at radius 3 is 2.52 bits per heavy atom. The van der Waals surface area contributed by atoms with Gasteiger partial charge in [0.05, 0.1) is 25.7 Å². The number of hydrogen-bond donors (Lipinski definition) is 0. The standard InChI is InChI=1S/C20H21N3O5S/c1-21-18(25)17-15(13-3-5-14(27-2)6-4-13)12-29-19(17)23(20(21)26)11-16(24)22-7-9-28-10-8-22/h3-6,12H,7-11H2,1-2H3. The first-order valence-electron chi connectivity index (χ1n) is 9.22. The lowest BCUT2D eigenvalue weighted by molar-refractivity contribution is -0.135. The van der Waals surface area contributed by atoms with Crippen LogP contribution in [-0.2, 0) is 23.1 Å². The number of fused-ring (bicyclic) bond motifs is 1. The fourth-order valence-corrected chi connectivity index (χ4v) is 4.51. The van der Waals surface area contributed by atoms with Gasteiger partial charge in [0.1, 0.15) is 17.1 Å². The lowest BCUT2D eigenvalue weighted by Crippen LogP contribution is -2.45. The molecule has 2 aromatic heterocycles. The largest absolute Gasteiger partial charge is 0.497 e. The van der Waals surface area contributed by atoms with Crippen molar-refractivity contribution in [2.45, 2.75) is 6.54 Å². The van der Waals surface area contributed by atoms with Crippen molar-refractivity contribution in [3.63, 3.8) is 0 Å². The molecule has 3 heterocycles. The van der Waals surface area contributed by atoms with Gasteiger partial charge in [-0.1, -0.05) is 12.1 Å². The Morgan fingerprint density at radius 2 is 1.86 bits per heavy atom. The summed E-state index contributed by atoms with van der Waals surface area (Å²) in [7, 11) is 3.03. The zero-order valence-electron chi connectivity index (χ0n) is 16.2. The van der Waals surface area contributed by atoms with Crippen molar-refractivity contribution in [3.8, 4) is 16.9 Å². The molecular formula is C20H21N3O5S. The summed E-state index contributed by atoms with van der Waals surface area (Å²) in [5.74, 6) is 0.559. The summed E-state index contributed by atoms with van der Waals surface area (Å²) in [6.45, 7) is 1.88. The first-order valence-corrected chi connectivity index (χ1v) is 10.1. The third-order valence-electron chi connectivity index (χ3n) is 5.11. The molecule has 1 amide bonds. The number of carbonyl (C=O) groups excluding carboxylic acids is 1. The number of carbonyl (C=O) groups is 1. The van der Waals surface area contributed by atoms with Crippen molar-refractivity contribution < 1.29 is 14.3 Å². The Hall–Kier alpha value is -2.91. The highest BCUT2D eigenvalue weighted by Gasteiger charge is 2.22. The summed E-state index contributed by atoms with van der Waals surface area (Å²) in [5, 5.41) is 2.29. The number of nitrogens with zero attached hydrogens (tertiary/aromatic N) is 3. The van der Waals surface area contributed by atoms with E-state index in [2.05, 4.69) is 0 Å². The van der Waals surface area contributed by atoms with E-state index in [4.69, 9.17) is 9.47 Å². The van der Waals surface area contributed by atoms with Gasteiger partial charge in [-0.2, -0.15) is 0 Å². The molecule has 29 heavy (non-hydrogen) atoms. The monoisotopic (exact) mass is 415 g/mol. The van der Waals surface area contributed by atoms with E-state index in [1.165, 1.54) is 23.0 Å². The number of benzene rings is 1. The van der Waals surface area contributed by atoms with E-state index in [9.17, 15) is 14.4 Å². The Morgan fingerprint density at radius 1 is 1.17 bits per heavy atom. The third-order valence-corrected chi connectivity index (χ3v) is 6.11. The smallest absolute Gasteiger partial charge is 0.332 e. The molecule has 1 aliphatic rings. The van der Waals surface area contributed by atoms with Gasteiger partial charge in [0.25, 0.3) is 5.56 Å². The highest BCUT2D eigenvalue weighted by Crippen LogP contribution is 2.32. The molecule has 1 fully saturated rings. The lowest BCUT2D eigenvalue weighted by Gasteiger charge is -2.27. The van der Waals surface area contributed by atoms with Gasteiger partial charge in [0.2, 0.25) is 5.91 Å². The average Bonchev–Trinajstić information content (AvgIpc) is 3.20. The van der Waals surface area contributed by atoms with Gasteiger partial charge in [-0.05, 0) is 17.7 Å². The van der Waals surface area contributed by atoms with Gasteiger partial charge in [-0.15, -0.1) is 11.3 Å². The second-order valence-corrected chi connectivity index (χ2v) is 7.64. The average molecular weight is 415 g/mol. The summed E-state index contributed by atoms with van der Waals surface area (Å²) < 4.78 is 12.9. The molecule has 0 N–H and O–H groups in total. The number of thiophene rings is 1. The number of methoxy groups -OCH3 is 1. The maximum Gasteiger partial charge on any atom is 0.332 e. The number of amides is 1. The maximum absolute atomic E-state index is 12.9. The van der Waals surface area contributed by atoms with Crippen LogP contribution in [0.1, 0.15) is 0 Å². The number of ether oxygens (including phenoxy) is 2. The quantitative estimate of drug-likeness (QED) is 0.641. The minimum Gasteiger partial charge on any atom is -0.497 e. The molecule has 1 aromatic carbocycles. The molecule has 0 saturated carbocycles. The molecule has 4 rings (SSSR count). The zero-order chi connectivity index (χ0) is 20.5. The summed E-state index contributed by atoms with van der Waals surface area (Å²) in [6, 6.07) is 7.38. The number of rotatable bonds is 4. The Labute approximate surface area is 170 Å². The fourth-order valence-electron chi connectivity index (χ4n) is 3.45. The summed E-state index contributed by atoms with van der Waals surface area (Å²) >= 11 is 1.29. The highest BCUT2D eigenvalue weighted by atomic mass is 32.1. The minimum atomic E-state index is -0.493. The van der Waals surface area contributed by atoms with Crippen LogP contribution in [0.15, 0.2) is 39.2 Å². The van der Waals surface area contributed by atoms with Crippen LogP contribution in [-0.4, -0.2) is 53.4 Å². The van der Waals surface area contributed by atoms with Crippen molar-refractivity contribution >= 4 is 27.5 Å². The molecule has 152 valence electrons. The molecular weight excluding hydrogens is 394 g/mol. The van der Waals surface area contributed by atoms with Gasteiger partial charge < -0.3 is 14.4 Å². The van der Waals surface area contributed by atoms with Crippen LogP contribution in [0.3, 0.4) is 0 Å². The molecule has 0 spiro atoms. The Kier molecular flexibility index (Phi) is 5.25.